The summed E-state index contributed by atoms with van der Waals surface area (Å²) in [7, 11) is 0. The maximum absolute atomic E-state index is 13.3. The van der Waals surface area contributed by atoms with E-state index in [0.29, 0.717) is 6.42 Å². The number of hydrogen-bond donors (Lipinski definition) is 1. The van der Waals surface area contributed by atoms with Crippen LogP contribution in [0.3, 0.4) is 0 Å². The lowest BCUT2D eigenvalue weighted by Crippen LogP contribution is -2.24. The summed E-state index contributed by atoms with van der Waals surface area (Å²) in [6.45, 7) is 0. The van der Waals surface area contributed by atoms with Crippen LogP contribution in [0, 0.1) is 17.6 Å². The number of rotatable bonds is 2. The van der Waals surface area contributed by atoms with Gasteiger partial charge in [-0.1, -0.05) is 12.2 Å². The fraction of sp³-hybridized carbons (Fsp3) is 0.308. The molecule has 0 aliphatic heterocycles. The quantitative estimate of drug-likeness (QED) is 0.786. The molecule has 0 unspecified atom stereocenters. The van der Waals surface area contributed by atoms with Gasteiger partial charge in [0.15, 0.2) is 0 Å². The molecule has 0 heterocycles. The molecular formula is C13H13F2NO. The SMILES string of the molecule is O=C(Nc1ccc(F)cc1F)[C@@H]1CC=CCC1. The largest absolute Gasteiger partial charge is 0.323 e. The van der Waals surface area contributed by atoms with E-state index in [9.17, 15) is 13.6 Å². The number of amides is 1. The van der Waals surface area contributed by atoms with Crippen molar-refractivity contribution in [2.45, 2.75) is 19.3 Å². The lowest BCUT2D eigenvalue weighted by molar-refractivity contribution is -0.120. The zero-order chi connectivity index (χ0) is 12.3. The number of hydrogen-bond acceptors (Lipinski definition) is 1. The van der Waals surface area contributed by atoms with Crippen LogP contribution in [0.2, 0.25) is 0 Å². The summed E-state index contributed by atoms with van der Waals surface area (Å²) in [5.41, 5.74) is 0.0333. The topological polar surface area (TPSA) is 29.1 Å². The van der Waals surface area contributed by atoms with Crippen molar-refractivity contribution in [3.8, 4) is 0 Å². The zero-order valence-electron chi connectivity index (χ0n) is 9.25. The van der Waals surface area contributed by atoms with Crippen molar-refractivity contribution in [3.63, 3.8) is 0 Å². The summed E-state index contributed by atoms with van der Waals surface area (Å²) in [4.78, 5) is 11.8. The molecule has 0 fully saturated rings. The van der Waals surface area contributed by atoms with Crippen LogP contribution in [-0.2, 0) is 4.79 Å². The van der Waals surface area contributed by atoms with Gasteiger partial charge in [0.25, 0.3) is 0 Å². The van der Waals surface area contributed by atoms with Gasteiger partial charge in [-0.3, -0.25) is 4.79 Å². The number of carbonyl (C=O) groups is 1. The Hall–Kier alpha value is -1.71. The number of anilines is 1. The van der Waals surface area contributed by atoms with Crippen molar-refractivity contribution in [2.24, 2.45) is 5.92 Å². The second-order valence-corrected chi connectivity index (χ2v) is 4.09. The minimum absolute atomic E-state index is 0.0333. The van der Waals surface area contributed by atoms with Crippen molar-refractivity contribution in [1.82, 2.24) is 0 Å². The van der Waals surface area contributed by atoms with Crippen molar-refractivity contribution in [3.05, 3.63) is 42.0 Å². The monoisotopic (exact) mass is 237 g/mol. The number of benzene rings is 1. The molecule has 0 spiro atoms. The molecule has 1 aliphatic carbocycles. The number of allylic oxidation sites excluding steroid dienone is 2. The molecule has 0 saturated heterocycles. The summed E-state index contributed by atoms with van der Waals surface area (Å²) < 4.78 is 26.0. The minimum atomic E-state index is -0.746. The summed E-state index contributed by atoms with van der Waals surface area (Å²) in [6.07, 6.45) is 6.29. The normalized spacial score (nSPS) is 19.1. The van der Waals surface area contributed by atoms with E-state index < -0.39 is 11.6 Å². The Kier molecular flexibility index (Phi) is 3.52. The average Bonchev–Trinajstić information content (AvgIpc) is 2.34. The maximum Gasteiger partial charge on any atom is 0.227 e. The van der Waals surface area contributed by atoms with Gasteiger partial charge in [0.1, 0.15) is 11.6 Å². The smallest absolute Gasteiger partial charge is 0.227 e. The van der Waals surface area contributed by atoms with Gasteiger partial charge < -0.3 is 5.32 Å². The van der Waals surface area contributed by atoms with Gasteiger partial charge in [-0.25, -0.2) is 8.78 Å². The third-order valence-electron chi connectivity index (χ3n) is 2.83. The van der Waals surface area contributed by atoms with Crippen LogP contribution < -0.4 is 5.32 Å². The molecule has 0 saturated carbocycles. The number of carbonyl (C=O) groups excluding carboxylic acids is 1. The molecule has 0 radical (unpaired) electrons. The molecule has 1 atom stereocenters. The fourth-order valence-corrected chi connectivity index (χ4v) is 1.86. The molecule has 0 aromatic heterocycles. The number of halogens is 2. The number of nitrogens with one attached hydrogen (secondary N) is 1. The molecule has 0 bridgehead atoms. The van der Waals surface area contributed by atoms with Crippen LogP contribution in [0.25, 0.3) is 0 Å². The van der Waals surface area contributed by atoms with Crippen molar-refractivity contribution in [1.29, 1.82) is 0 Å². The first kappa shape index (κ1) is 11.8. The van der Waals surface area contributed by atoms with Gasteiger partial charge in [0.2, 0.25) is 5.91 Å². The first-order valence-corrected chi connectivity index (χ1v) is 5.58. The van der Waals surface area contributed by atoms with Crippen LogP contribution in [0.15, 0.2) is 30.4 Å². The van der Waals surface area contributed by atoms with E-state index in [4.69, 9.17) is 0 Å². The first-order valence-electron chi connectivity index (χ1n) is 5.58. The third-order valence-corrected chi connectivity index (χ3v) is 2.83. The second kappa shape index (κ2) is 5.08. The van der Waals surface area contributed by atoms with Crippen molar-refractivity contribution < 1.29 is 13.6 Å². The Bertz CT molecular complexity index is 457. The van der Waals surface area contributed by atoms with E-state index in [2.05, 4.69) is 5.32 Å². The molecule has 4 heteroatoms. The van der Waals surface area contributed by atoms with Crippen molar-refractivity contribution >= 4 is 11.6 Å². The van der Waals surface area contributed by atoms with Gasteiger partial charge in [-0.15, -0.1) is 0 Å². The molecule has 1 aromatic rings. The zero-order valence-corrected chi connectivity index (χ0v) is 9.25. The van der Waals surface area contributed by atoms with E-state index in [1.807, 2.05) is 12.2 Å². The van der Waals surface area contributed by atoms with Crippen LogP contribution in [0.4, 0.5) is 14.5 Å². The Morgan fingerprint density at radius 3 is 2.76 bits per heavy atom. The minimum Gasteiger partial charge on any atom is -0.323 e. The summed E-state index contributed by atoms with van der Waals surface area (Å²) >= 11 is 0. The second-order valence-electron chi connectivity index (χ2n) is 4.09. The lowest BCUT2D eigenvalue weighted by atomic mass is 9.93. The molecule has 1 amide bonds. The third kappa shape index (κ3) is 2.90. The van der Waals surface area contributed by atoms with E-state index in [1.54, 1.807) is 0 Å². The molecule has 1 N–H and O–H groups in total. The molecule has 2 rings (SSSR count). The standard InChI is InChI=1S/C13H13F2NO/c14-10-6-7-12(11(15)8-10)16-13(17)9-4-2-1-3-5-9/h1-2,6-9H,3-5H2,(H,16,17)/t9-/m1/s1. The van der Waals surface area contributed by atoms with Gasteiger partial charge in [-0.05, 0) is 31.4 Å². The van der Waals surface area contributed by atoms with E-state index in [-0.39, 0.29) is 17.5 Å². The van der Waals surface area contributed by atoms with Crippen LogP contribution in [0.1, 0.15) is 19.3 Å². The highest BCUT2D eigenvalue weighted by Crippen LogP contribution is 2.21. The molecule has 90 valence electrons. The predicted octanol–water partition coefficient (Wildman–Crippen LogP) is 3.26. The molecule has 2 nitrogen and oxygen atoms in total. The predicted molar refractivity (Wildman–Crippen MR) is 61.5 cm³/mol. The highest BCUT2D eigenvalue weighted by molar-refractivity contribution is 5.92. The molecule has 1 aromatic carbocycles. The van der Waals surface area contributed by atoms with Crippen LogP contribution >= 0.6 is 0 Å². The van der Waals surface area contributed by atoms with E-state index in [0.717, 1.165) is 25.0 Å². The first-order chi connectivity index (χ1) is 8.16. The van der Waals surface area contributed by atoms with Crippen LogP contribution in [0.5, 0.6) is 0 Å². The van der Waals surface area contributed by atoms with E-state index in [1.165, 1.54) is 6.07 Å². The van der Waals surface area contributed by atoms with Gasteiger partial charge >= 0.3 is 0 Å². The highest BCUT2D eigenvalue weighted by Gasteiger charge is 2.19. The van der Waals surface area contributed by atoms with Gasteiger partial charge in [-0.2, -0.15) is 0 Å². The van der Waals surface area contributed by atoms with Crippen molar-refractivity contribution in [2.75, 3.05) is 5.32 Å². The Balaban J connectivity index is 2.05. The Labute approximate surface area is 98.3 Å². The Morgan fingerprint density at radius 1 is 1.29 bits per heavy atom. The molecular weight excluding hydrogens is 224 g/mol. The molecule has 17 heavy (non-hydrogen) atoms. The van der Waals surface area contributed by atoms with E-state index >= 15 is 0 Å². The lowest BCUT2D eigenvalue weighted by Gasteiger charge is -2.17. The summed E-state index contributed by atoms with van der Waals surface area (Å²) in [6, 6.07) is 3.12. The average molecular weight is 237 g/mol. The Morgan fingerprint density at radius 2 is 2.12 bits per heavy atom. The fourth-order valence-electron chi connectivity index (χ4n) is 1.86. The molecule has 1 aliphatic rings. The maximum atomic E-state index is 13.3. The van der Waals surface area contributed by atoms with Crippen LogP contribution in [-0.4, -0.2) is 5.91 Å². The summed E-state index contributed by atoms with van der Waals surface area (Å²) in [5.74, 6) is -1.73. The highest BCUT2D eigenvalue weighted by atomic mass is 19.1. The van der Waals surface area contributed by atoms with Gasteiger partial charge in [0.05, 0.1) is 5.69 Å². The van der Waals surface area contributed by atoms with Gasteiger partial charge in [0, 0.05) is 12.0 Å². The summed E-state index contributed by atoms with van der Waals surface area (Å²) in [5, 5.41) is 2.49.